The zero-order valence-electron chi connectivity index (χ0n) is 21.0. The van der Waals surface area contributed by atoms with E-state index < -0.39 is 56.8 Å². The van der Waals surface area contributed by atoms with Crippen LogP contribution in [0.2, 0.25) is 0 Å². The first-order valence-corrected chi connectivity index (χ1v) is 17.2. The number of anilines is 1. The molecule has 2 aliphatic heterocycles. The van der Waals surface area contributed by atoms with Crippen LogP contribution in [0.1, 0.15) is 17.7 Å². The Bertz CT molecular complexity index is 1800. The van der Waals surface area contributed by atoms with Crippen molar-refractivity contribution in [2.45, 2.75) is 44.6 Å². The van der Waals surface area contributed by atoms with E-state index in [1.807, 2.05) is 0 Å². The van der Waals surface area contributed by atoms with E-state index in [1.54, 1.807) is 6.92 Å². The fraction of sp³-hybridized carbons (Fsp3) is 0.474. The Morgan fingerprint density at radius 3 is 2.80 bits per heavy atom. The summed E-state index contributed by atoms with van der Waals surface area (Å²) in [6.45, 7) is -7.43. The number of nitrogens with one attached hydrogen (secondary N) is 1. The number of rotatable bonds is 1. The molecule has 0 aromatic carbocycles. The van der Waals surface area contributed by atoms with Gasteiger partial charge in [-0.25, -0.2) is 24.5 Å². The normalized spacial score (nSPS) is 31.6. The quantitative estimate of drug-likeness (QED) is 0.138. The minimum absolute atomic E-state index is 0.0205. The number of fused-ring (bicyclic) bond motifs is 6. The van der Waals surface area contributed by atoms with Crippen LogP contribution < -0.4 is 11.3 Å². The Balaban J connectivity index is 1.38. The van der Waals surface area contributed by atoms with Gasteiger partial charge < -0.3 is 34.1 Å². The number of nitrogens with two attached hydrogens (primary N) is 1. The molecule has 41 heavy (non-hydrogen) atoms. The van der Waals surface area contributed by atoms with E-state index in [2.05, 4.69) is 42.2 Å². The Labute approximate surface area is 240 Å². The van der Waals surface area contributed by atoms with Crippen molar-refractivity contribution < 1.29 is 37.4 Å². The number of H-pyrrole nitrogens is 1. The summed E-state index contributed by atoms with van der Waals surface area (Å²) in [5, 5.41) is 11.2. The summed E-state index contributed by atoms with van der Waals surface area (Å²) >= 11 is 9.24. The van der Waals surface area contributed by atoms with Crippen molar-refractivity contribution in [2.75, 3.05) is 18.9 Å². The fourth-order valence-electron chi connectivity index (χ4n) is 4.54. The van der Waals surface area contributed by atoms with Gasteiger partial charge in [-0.3, -0.25) is 23.4 Å². The Morgan fingerprint density at radius 1 is 1.20 bits per heavy atom. The standard InChI is InChI=1S/C19H23N9O9P2S2/c1-8-11-15(22-6-21-8)28(7-23-11)18-14-13(29)9(36-18)4-34-38(31,40)33-3-2-27-10(5-35-39(32,41)37-14)24-12-16(27)25-19(20)26-17(12)30/h6-7,9,13-14,18,29H,2-5H2,1H3,(H,31,40)(H,32,41)(H3,20,25,26,30)/t9-,13-,14-,18-,38?,39?/m1/s1. The third-order valence-corrected chi connectivity index (χ3v) is 9.63. The number of thiol groups is 1. The third kappa shape index (κ3) is 5.57. The molecule has 4 aromatic heterocycles. The van der Waals surface area contributed by atoms with Gasteiger partial charge in [-0.05, 0) is 18.7 Å². The van der Waals surface area contributed by atoms with E-state index in [0.717, 1.165) is 0 Å². The van der Waals surface area contributed by atoms with Crippen molar-refractivity contribution in [1.29, 1.82) is 0 Å². The molecule has 6 rings (SSSR count). The Hall–Kier alpha value is -2.35. The van der Waals surface area contributed by atoms with Crippen LogP contribution in [-0.4, -0.2) is 80.6 Å². The minimum atomic E-state index is -4.24. The number of ether oxygens (including phenoxy) is 1. The summed E-state index contributed by atoms with van der Waals surface area (Å²) in [6, 6.07) is 0. The van der Waals surface area contributed by atoms with Gasteiger partial charge in [0, 0.05) is 6.54 Å². The molecular formula is C19H23N9O9P2S2. The van der Waals surface area contributed by atoms with E-state index in [1.165, 1.54) is 21.8 Å². The number of nitrogen functional groups attached to an aromatic ring is 1. The first-order chi connectivity index (χ1) is 19.4. The van der Waals surface area contributed by atoms with E-state index in [-0.39, 0.29) is 36.1 Å². The summed E-state index contributed by atoms with van der Waals surface area (Å²) in [5.41, 5.74) is 6.53. The van der Waals surface area contributed by atoms with Crippen LogP contribution >= 0.6 is 25.8 Å². The molecule has 4 aromatic rings. The van der Waals surface area contributed by atoms with Gasteiger partial charge in [0.25, 0.3) is 5.56 Å². The maximum Gasteiger partial charge on any atom is 0.387 e. The highest BCUT2D eigenvalue weighted by molar-refractivity contribution is 8.44. The van der Waals surface area contributed by atoms with E-state index in [0.29, 0.717) is 16.9 Å². The lowest BCUT2D eigenvalue weighted by Gasteiger charge is -2.24. The number of nitrogens with zero attached hydrogens (tertiary/aromatic N) is 7. The summed E-state index contributed by atoms with van der Waals surface area (Å²) < 4.78 is 44.6. The molecule has 0 spiro atoms. The number of aliphatic hydroxyl groups excluding tert-OH is 1. The fourth-order valence-corrected chi connectivity index (χ4v) is 7.05. The maximum absolute atomic E-state index is 13.5. The zero-order valence-corrected chi connectivity index (χ0v) is 24.5. The molecule has 220 valence electrons. The van der Waals surface area contributed by atoms with Gasteiger partial charge in [0.1, 0.15) is 42.6 Å². The third-order valence-electron chi connectivity index (χ3n) is 6.41. The van der Waals surface area contributed by atoms with Crippen LogP contribution in [0.15, 0.2) is 17.4 Å². The van der Waals surface area contributed by atoms with E-state index in [9.17, 15) is 19.4 Å². The molecule has 2 bridgehead atoms. The molecule has 0 aliphatic carbocycles. The highest BCUT2D eigenvalue weighted by atomic mass is 32.7. The van der Waals surface area contributed by atoms with Crippen molar-refractivity contribution in [2.24, 2.45) is 0 Å². The van der Waals surface area contributed by atoms with E-state index >= 15 is 0 Å². The predicted molar refractivity (Wildman–Crippen MR) is 147 cm³/mol. The van der Waals surface area contributed by atoms with Gasteiger partial charge in [-0.15, -0.1) is 0 Å². The number of imidazole rings is 2. The molecule has 1 fully saturated rings. The van der Waals surface area contributed by atoms with Crippen molar-refractivity contribution in [3.05, 3.63) is 34.5 Å². The van der Waals surface area contributed by atoms with Crippen LogP contribution in [0.25, 0.3) is 22.3 Å². The first-order valence-electron chi connectivity index (χ1n) is 11.9. The zero-order chi connectivity index (χ0) is 29.1. The summed E-state index contributed by atoms with van der Waals surface area (Å²) in [4.78, 5) is 46.5. The SMILES string of the molecule is Cc1ncnc2c1ncn2[C@@H]1O[C@@H]2COP(O)(=S)OCCn3c(nc4c(=O)[nH]c(N)nc43)COP(=O)(S)O[C@@H]1[C@@H]2O. The van der Waals surface area contributed by atoms with Gasteiger partial charge in [-0.1, -0.05) is 12.2 Å². The topological polar surface area (TPSA) is 237 Å². The molecule has 2 unspecified atom stereocenters. The molecule has 0 amide bonds. The monoisotopic (exact) mass is 647 g/mol. The first kappa shape index (κ1) is 28.8. The van der Waals surface area contributed by atoms with Crippen molar-refractivity contribution in [3.63, 3.8) is 0 Å². The highest BCUT2D eigenvalue weighted by Gasteiger charge is 2.49. The maximum atomic E-state index is 13.5. The number of aryl methyl sites for hydroxylation is 1. The second-order valence-corrected chi connectivity index (χ2v) is 14.8. The number of hydrogen-bond acceptors (Lipinski definition) is 15. The number of aromatic amines is 1. The van der Waals surface area contributed by atoms with Crippen LogP contribution in [0.5, 0.6) is 0 Å². The molecular weight excluding hydrogens is 624 g/mol. The Kier molecular flexibility index (Phi) is 7.53. The van der Waals surface area contributed by atoms with Gasteiger partial charge in [0.05, 0.1) is 25.2 Å². The van der Waals surface area contributed by atoms with Gasteiger partial charge in [-0.2, -0.15) is 4.98 Å². The van der Waals surface area contributed by atoms with E-state index in [4.69, 9.17) is 40.4 Å². The molecule has 2 aliphatic rings. The average Bonchev–Trinajstić information content (AvgIpc) is 3.56. The predicted octanol–water partition coefficient (Wildman–Crippen LogP) is 0.312. The number of aliphatic hydroxyl groups is 1. The van der Waals surface area contributed by atoms with Crippen molar-refractivity contribution >= 4 is 65.8 Å². The van der Waals surface area contributed by atoms with Gasteiger partial charge in [0.15, 0.2) is 23.0 Å². The lowest BCUT2D eigenvalue weighted by atomic mass is 10.1. The number of hydrogen-bond donors (Lipinski definition) is 5. The summed E-state index contributed by atoms with van der Waals surface area (Å²) in [7, 11) is 0. The summed E-state index contributed by atoms with van der Waals surface area (Å²) in [6.07, 6.45) is -2.31. The van der Waals surface area contributed by atoms with Crippen LogP contribution in [0.4, 0.5) is 5.95 Å². The molecule has 6 heterocycles. The molecule has 0 radical (unpaired) electrons. The highest BCUT2D eigenvalue weighted by Crippen LogP contribution is 2.57. The smallest absolute Gasteiger partial charge is 0.387 e. The molecule has 1 saturated heterocycles. The molecule has 5 N–H and O–H groups in total. The number of aromatic nitrogens is 8. The average molecular weight is 648 g/mol. The van der Waals surface area contributed by atoms with Crippen LogP contribution in [0.3, 0.4) is 0 Å². The van der Waals surface area contributed by atoms with Crippen LogP contribution in [-0.2, 0) is 52.4 Å². The lowest BCUT2D eigenvalue weighted by Crippen LogP contribution is -2.35. The second-order valence-electron chi connectivity index (χ2n) is 9.05. The molecule has 22 heteroatoms. The van der Waals surface area contributed by atoms with Crippen molar-refractivity contribution in [1.82, 2.24) is 39.0 Å². The summed E-state index contributed by atoms with van der Waals surface area (Å²) in [5.74, 6) is -0.0668. The molecule has 6 atom stereocenters. The molecule has 18 nitrogen and oxygen atoms in total. The van der Waals surface area contributed by atoms with Crippen molar-refractivity contribution in [3.8, 4) is 0 Å². The van der Waals surface area contributed by atoms with Gasteiger partial charge >= 0.3 is 13.5 Å². The molecule has 0 saturated carbocycles. The largest absolute Gasteiger partial charge is 0.387 e. The lowest BCUT2D eigenvalue weighted by molar-refractivity contribution is -0.0476. The Morgan fingerprint density at radius 2 is 2.00 bits per heavy atom. The van der Waals surface area contributed by atoms with Crippen LogP contribution in [0, 0.1) is 6.92 Å². The second kappa shape index (κ2) is 10.7. The minimum Gasteiger partial charge on any atom is -0.387 e. The van der Waals surface area contributed by atoms with Gasteiger partial charge in [0.2, 0.25) is 5.95 Å².